The second kappa shape index (κ2) is 16.3. The Morgan fingerprint density at radius 3 is 2.10 bits per heavy atom. The van der Waals surface area contributed by atoms with E-state index in [1.807, 2.05) is 20.3 Å². The van der Waals surface area contributed by atoms with Crippen molar-refractivity contribution in [2.45, 2.75) is 84.8 Å². The molecule has 2 atom stereocenters. The van der Waals surface area contributed by atoms with Gasteiger partial charge in [0.25, 0.3) is 0 Å². The normalized spacial score (nSPS) is 14.3. The van der Waals surface area contributed by atoms with Gasteiger partial charge < -0.3 is 14.2 Å². The van der Waals surface area contributed by atoms with Crippen molar-refractivity contribution in [1.29, 1.82) is 0 Å². The molecule has 3 nitrogen and oxygen atoms in total. The van der Waals surface area contributed by atoms with Crippen molar-refractivity contribution in [3.8, 4) is 0 Å². The summed E-state index contributed by atoms with van der Waals surface area (Å²) in [6.45, 7) is 11.2. The number of rotatable bonds is 16. The molecule has 2 unspecified atom stereocenters. The van der Waals surface area contributed by atoms with Gasteiger partial charge in [0, 0.05) is 13.2 Å². The van der Waals surface area contributed by atoms with Gasteiger partial charge in [-0.25, -0.2) is 0 Å². The molecule has 0 fully saturated rings. The molecule has 0 aromatic heterocycles. The Bertz CT molecular complexity index is 197. The molecule has 0 saturated heterocycles. The summed E-state index contributed by atoms with van der Waals surface area (Å²) in [6, 6.07) is 0. The van der Waals surface area contributed by atoms with E-state index in [2.05, 4.69) is 13.8 Å². The fourth-order valence-electron chi connectivity index (χ4n) is 2.07. The first-order valence-electron chi connectivity index (χ1n) is 8.79. The van der Waals surface area contributed by atoms with Crippen LogP contribution >= 0.6 is 0 Å². The molecule has 0 aromatic rings. The maximum atomic E-state index is 5.71. The zero-order chi connectivity index (χ0) is 15.8. The molecule has 0 aliphatic carbocycles. The van der Waals surface area contributed by atoms with E-state index in [4.69, 9.17) is 14.2 Å². The van der Waals surface area contributed by atoms with Crippen LogP contribution in [0.25, 0.3) is 0 Å². The number of hydrogen-bond donors (Lipinski definition) is 0. The van der Waals surface area contributed by atoms with Gasteiger partial charge in [0.1, 0.15) is 0 Å². The fraction of sp³-hybridized carbons (Fsp3) is 0.944. The lowest BCUT2D eigenvalue weighted by molar-refractivity contribution is -0.0537. The summed E-state index contributed by atoms with van der Waals surface area (Å²) in [4.78, 5) is 0. The largest absolute Gasteiger partial charge is 0.379 e. The van der Waals surface area contributed by atoms with E-state index in [-0.39, 0.29) is 12.2 Å². The Kier molecular flexibility index (Phi) is 16.2. The Balaban J connectivity index is 3.24. The molecule has 0 aromatic carbocycles. The molecule has 0 spiro atoms. The highest BCUT2D eigenvalue weighted by molar-refractivity contribution is 4.57. The second-order valence-electron chi connectivity index (χ2n) is 5.89. The van der Waals surface area contributed by atoms with Crippen LogP contribution in [-0.2, 0) is 14.2 Å². The first-order chi connectivity index (χ1) is 10.2. The summed E-state index contributed by atoms with van der Waals surface area (Å²) in [6.07, 6.45) is 11.6. The Labute approximate surface area is 132 Å². The van der Waals surface area contributed by atoms with E-state index >= 15 is 0 Å². The minimum atomic E-state index is 0.145. The standard InChI is InChI=1S/C18H37O3/c1-5-7-8-9-10-11-12-14-19-15-17(3)21-16-18(4)20-13-6-2/h6,17-18H,5,7-16H2,1-4H3. The summed E-state index contributed by atoms with van der Waals surface area (Å²) in [5, 5.41) is 0. The van der Waals surface area contributed by atoms with Crippen LogP contribution in [0.2, 0.25) is 0 Å². The molecule has 127 valence electrons. The Morgan fingerprint density at radius 1 is 0.810 bits per heavy atom. The lowest BCUT2D eigenvalue weighted by atomic mass is 10.1. The monoisotopic (exact) mass is 301 g/mol. The Hall–Kier alpha value is -0.120. The molecule has 0 saturated carbocycles. The minimum Gasteiger partial charge on any atom is -0.379 e. The van der Waals surface area contributed by atoms with Crippen LogP contribution in [0.15, 0.2) is 0 Å². The first kappa shape index (κ1) is 20.9. The molecule has 0 aliphatic heterocycles. The maximum absolute atomic E-state index is 5.71. The van der Waals surface area contributed by atoms with Crippen LogP contribution in [0.5, 0.6) is 0 Å². The zero-order valence-corrected chi connectivity index (χ0v) is 14.7. The Morgan fingerprint density at radius 2 is 1.43 bits per heavy atom. The van der Waals surface area contributed by atoms with Crippen molar-refractivity contribution in [2.24, 2.45) is 0 Å². The van der Waals surface area contributed by atoms with E-state index in [1.54, 1.807) is 0 Å². The van der Waals surface area contributed by atoms with Crippen LogP contribution in [-0.4, -0.2) is 38.6 Å². The molecule has 21 heavy (non-hydrogen) atoms. The average Bonchev–Trinajstić information content (AvgIpc) is 2.49. The summed E-state index contributed by atoms with van der Waals surface area (Å²) in [5.74, 6) is 0. The number of unbranched alkanes of at least 4 members (excludes halogenated alkanes) is 6. The molecular formula is C18H37O3. The highest BCUT2D eigenvalue weighted by Gasteiger charge is 2.06. The predicted molar refractivity (Wildman–Crippen MR) is 89.6 cm³/mol. The van der Waals surface area contributed by atoms with Crippen molar-refractivity contribution in [2.75, 3.05) is 26.4 Å². The van der Waals surface area contributed by atoms with Crippen LogP contribution < -0.4 is 0 Å². The summed E-state index contributed by atoms with van der Waals surface area (Å²) in [7, 11) is 0. The molecule has 0 rings (SSSR count). The lowest BCUT2D eigenvalue weighted by Crippen LogP contribution is -2.23. The van der Waals surface area contributed by atoms with Crippen LogP contribution in [0.1, 0.15) is 72.6 Å². The SMILES string of the molecule is C[CH]COC(C)COC(C)COCCCCCCCCC. The van der Waals surface area contributed by atoms with Crippen LogP contribution in [0, 0.1) is 6.42 Å². The van der Waals surface area contributed by atoms with Crippen molar-refractivity contribution >= 4 is 0 Å². The van der Waals surface area contributed by atoms with Crippen LogP contribution in [0.4, 0.5) is 0 Å². The van der Waals surface area contributed by atoms with E-state index in [0.717, 1.165) is 6.61 Å². The van der Waals surface area contributed by atoms with E-state index in [1.165, 1.54) is 44.9 Å². The predicted octanol–water partition coefficient (Wildman–Crippen LogP) is 4.79. The summed E-state index contributed by atoms with van der Waals surface area (Å²) < 4.78 is 16.9. The summed E-state index contributed by atoms with van der Waals surface area (Å²) >= 11 is 0. The maximum Gasteiger partial charge on any atom is 0.0781 e. The molecule has 1 radical (unpaired) electrons. The van der Waals surface area contributed by atoms with Gasteiger partial charge in [0.2, 0.25) is 0 Å². The quantitative estimate of drug-likeness (QED) is 0.384. The third kappa shape index (κ3) is 16.1. The van der Waals surface area contributed by atoms with Crippen molar-refractivity contribution in [3.05, 3.63) is 6.42 Å². The third-order valence-electron chi connectivity index (χ3n) is 3.41. The van der Waals surface area contributed by atoms with Crippen molar-refractivity contribution < 1.29 is 14.2 Å². The van der Waals surface area contributed by atoms with Gasteiger partial charge in [-0.15, -0.1) is 0 Å². The van der Waals surface area contributed by atoms with Crippen molar-refractivity contribution in [1.82, 2.24) is 0 Å². The summed E-state index contributed by atoms with van der Waals surface area (Å²) in [5.41, 5.74) is 0. The van der Waals surface area contributed by atoms with Gasteiger partial charge in [-0.3, -0.25) is 0 Å². The number of hydrogen-bond acceptors (Lipinski definition) is 3. The second-order valence-corrected chi connectivity index (χ2v) is 5.89. The molecule has 0 heterocycles. The molecular weight excluding hydrogens is 264 g/mol. The third-order valence-corrected chi connectivity index (χ3v) is 3.41. The first-order valence-corrected chi connectivity index (χ1v) is 8.79. The molecule has 0 aliphatic rings. The van der Waals surface area contributed by atoms with Crippen LogP contribution in [0.3, 0.4) is 0 Å². The number of ether oxygens (including phenoxy) is 3. The molecule has 0 amide bonds. The van der Waals surface area contributed by atoms with E-state index < -0.39 is 0 Å². The van der Waals surface area contributed by atoms with Gasteiger partial charge in [0.15, 0.2) is 0 Å². The average molecular weight is 301 g/mol. The molecule has 0 N–H and O–H groups in total. The molecule has 3 heteroatoms. The van der Waals surface area contributed by atoms with Gasteiger partial charge >= 0.3 is 0 Å². The highest BCUT2D eigenvalue weighted by Crippen LogP contribution is 2.07. The topological polar surface area (TPSA) is 27.7 Å². The van der Waals surface area contributed by atoms with Gasteiger partial charge in [-0.05, 0) is 26.7 Å². The smallest absolute Gasteiger partial charge is 0.0781 e. The van der Waals surface area contributed by atoms with Gasteiger partial charge in [-0.2, -0.15) is 0 Å². The fourth-order valence-corrected chi connectivity index (χ4v) is 2.07. The van der Waals surface area contributed by atoms with Gasteiger partial charge in [-0.1, -0.05) is 52.4 Å². The van der Waals surface area contributed by atoms with E-state index in [9.17, 15) is 0 Å². The molecule has 0 bridgehead atoms. The van der Waals surface area contributed by atoms with Gasteiger partial charge in [0.05, 0.1) is 25.4 Å². The zero-order valence-electron chi connectivity index (χ0n) is 14.7. The van der Waals surface area contributed by atoms with Crippen molar-refractivity contribution in [3.63, 3.8) is 0 Å². The highest BCUT2D eigenvalue weighted by atomic mass is 16.6. The lowest BCUT2D eigenvalue weighted by Gasteiger charge is -2.17. The minimum absolute atomic E-state index is 0.145. The van der Waals surface area contributed by atoms with E-state index in [0.29, 0.717) is 19.8 Å².